The summed E-state index contributed by atoms with van der Waals surface area (Å²) < 4.78 is 2.16. The second kappa shape index (κ2) is 9.36. The van der Waals surface area contributed by atoms with Crippen molar-refractivity contribution in [1.82, 2.24) is 4.57 Å². The number of benzene rings is 3. The van der Waals surface area contributed by atoms with Gasteiger partial charge in [-0.25, -0.2) is 0 Å². The van der Waals surface area contributed by atoms with Crippen LogP contribution >= 0.6 is 0 Å². The summed E-state index contributed by atoms with van der Waals surface area (Å²) >= 11 is 0. The van der Waals surface area contributed by atoms with Crippen molar-refractivity contribution in [3.8, 4) is 6.07 Å². The molecule has 0 aliphatic rings. The molecule has 4 heteroatoms. The van der Waals surface area contributed by atoms with Gasteiger partial charge in [-0.3, -0.25) is 4.79 Å². The van der Waals surface area contributed by atoms with Crippen LogP contribution in [0.4, 0.5) is 5.69 Å². The van der Waals surface area contributed by atoms with Gasteiger partial charge in [-0.15, -0.1) is 0 Å². The number of carbonyl (C=O) groups is 1. The van der Waals surface area contributed by atoms with Gasteiger partial charge in [-0.05, 0) is 42.7 Å². The summed E-state index contributed by atoms with van der Waals surface area (Å²) in [5.74, 6) is -0.399. The molecule has 0 aliphatic heterocycles. The Morgan fingerprint density at radius 2 is 1.84 bits per heavy atom. The molecule has 0 saturated heterocycles. The molecule has 1 heterocycles. The van der Waals surface area contributed by atoms with Crippen molar-refractivity contribution in [2.75, 3.05) is 5.32 Å². The van der Waals surface area contributed by atoms with Crippen LogP contribution in [0.1, 0.15) is 29.2 Å². The van der Waals surface area contributed by atoms with Gasteiger partial charge >= 0.3 is 0 Å². The van der Waals surface area contributed by atoms with E-state index in [-0.39, 0.29) is 5.57 Å². The van der Waals surface area contributed by atoms with Crippen LogP contribution in [0.2, 0.25) is 0 Å². The molecule has 32 heavy (non-hydrogen) atoms. The average Bonchev–Trinajstić information content (AvgIpc) is 3.15. The summed E-state index contributed by atoms with van der Waals surface area (Å²) in [5, 5.41) is 13.6. The number of rotatable bonds is 6. The first-order chi connectivity index (χ1) is 15.6. The predicted molar refractivity (Wildman–Crippen MR) is 130 cm³/mol. The number of nitriles is 1. The van der Waals surface area contributed by atoms with E-state index < -0.39 is 5.91 Å². The van der Waals surface area contributed by atoms with Crippen LogP contribution in [0.25, 0.3) is 17.0 Å². The van der Waals surface area contributed by atoms with Gasteiger partial charge in [-0.1, -0.05) is 73.2 Å². The Balaban J connectivity index is 1.69. The van der Waals surface area contributed by atoms with Crippen molar-refractivity contribution >= 4 is 28.6 Å². The zero-order valence-corrected chi connectivity index (χ0v) is 18.3. The SMILES string of the molecule is CCc1ccccc1NC(=O)/C(C#N)=C/c1cn(Cc2cccc(C)c2)c2ccccc12. The number of aryl methyl sites for hydroxylation is 2. The maximum Gasteiger partial charge on any atom is 0.266 e. The minimum absolute atomic E-state index is 0.0781. The zero-order chi connectivity index (χ0) is 22.5. The van der Waals surface area contributed by atoms with Crippen molar-refractivity contribution in [3.63, 3.8) is 0 Å². The normalized spacial score (nSPS) is 11.3. The van der Waals surface area contributed by atoms with Crippen molar-refractivity contribution in [2.24, 2.45) is 0 Å². The zero-order valence-electron chi connectivity index (χ0n) is 18.3. The van der Waals surface area contributed by atoms with E-state index in [9.17, 15) is 10.1 Å². The van der Waals surface area contributed by atoms with Crippen LogP contribution in [0, 0.1) is 18.3 Å². The first-order valence-electron chi connectivity index (χ1n) is 10.7. The van der Waals surface area contributed by atoms with Gasteiger partial charge in [0.25, 0.3) is 5.91 Å². The summed E-state index contributed by atoms with van der Waals surface area (Å²) in [6, 6.07) is 26.2. The van der Waals surface area contributed by atoms with E-state index >= 15 is 0 Å². The molecule has 0 bridgehead atoms. The molecule has 3 aromatic carbocycles. The third-order valence-electron chi connectivity index (χ3n) is 5.57. The molecule has 0 aliphatic carbocycles. The van der Waals surface area contributed by atoms with Crippen LogP contribution in [-0.4, -0.2) is 10.5 Å². The van der Waals surface area contributed by atoms with E-state index in [1.165, 1.54) is 11.1 Å². The third kappa shape index (κ3) is 4.48. The van der Waals surface area contributed by atoms with Crippen molar-refractivity contribution in [2.45, 2.75) is 26.8 Å². The van der Waals surface area contributed by atoms with E-state index in [4.69, 9.17) is 0 Å². The maximum absolute atomic E-state index is 12.9. The number of anilines is 1. The molecule has 4 rings (SSSR count). The summed E-state index contributed by atoms with van der Waals surface area (Å²) in [4.78, 5) is 12.9. The molecule has 0 fully saturated rings. The Kier molecular flexibility index (Phi) is 6.19. The largest absolute Gasteiger partial charge is 0.342 e. The Bertz CT molecular complexity index is 1350. The fourth-order valence-electron chi connectivity index (χ4n) is 3.97. The summed E-state index contributed by atoms with van der Waals surface area (Å²) in [6.07, 6.45) is 4.49. The van der Waals surface area contributed by atoms with E-state index in [0.717, 1.165) is 34.1 Å². The molecule has 4 aromatic rings. The standard InChI is InChI=1S/C28H25N3O/c1-3-22-11-4-6-13-26(22)30-28(32)23(17-29)16-24-19-31(27-14-7-5-12-25(24)27)18-21-10-8-9-20(2)15-21/h4-16,19H,3,18H2,1-2H3,(H,30,32)/b23-16+. The monoisotopic (exact) mass is 419 g/mol. The van der Waals surface area contributed by atoms with Gasteiger partial charge in [0, 0.05) is 34.9 Å². The molecule has 0 unspecified atom stereocenters. The minimum Gasteiger partial charge on any atom is -0.342 e. The molecule has 158 valence electrons. The number of hydrogen-bond donors (Lipinski definition) is 1. The van der Waals surface area contributed by atoms with Crippen LogP contribution < -0.4 is 5.32 Å². The van der Waals surface area contributed by atoms with Gasteiger partial charge < -0.3 is 9.88 Å². The number of carbonyl (C=O) groups excluding carboxylic acids is 1. The minimum atomic E-state index is -0.399. The molecular formula is C28H25N3O. The van der Waals surface area contributed by atoms with Gasteiger partial charge in [0.2, 0.25) is 0 Å². The van der Waals surface area contributed by atoms with Gasteiger partial charge in [0.05, 0.1) is 0 Å². The number of amides is 1. The molecule has 1 amide bonds. The van der Waals surface area contributed by atoms with Crippen molar-refractivity contribution < 1.29 is 4.79 Å². The fourth-order valence-corrected chi connectivity index (χ4v) is 3.97. The Hall–Kier alpha value is -4.10. The smallest absolute Gasteiger partial charge is 0.266 e. The van der Waals surface area contributed by atoms with Gasteiger partial charge in [0.1, 0.15) is 11.6 Å². The highest BCUT2D eigenvalue weighted by atomic mass is 16.1. The topological polar surface area (TPSA) is 57.8 Å². The Labute approximate surface area is 188 Å². The number of nitrogens with zero attached hydrogens (tertiary/aromatic N) is 2. The Morgan fingerprint density at radius 3 is 2.62 bits per heavy atom. The summed E-state index contributed by atoms with van der Waals surface area (Å²) in [7, 11) is 0. The van der Waals surface area contributed by atoms with Crippen LogP contribution in [-0.2, 0) is 17.8 Å². The highest BCUT2D eigenvalue weighted by molar-refractivity contribution is 6.11. The lowest BCUT2D eigenvalue weighted by atomic mass is 10.1. The van der Waals surface area contributed by atoms with Crippen molar-refractivity contribution in [3.05, 3.63) is 107 Å². The first kappa shape index (κ1) is 21.1. The number of para-hydroxylation sites is 2. The number of aromatic nitrogens is 1. The molecule has 0 radical (unpaired) electrons. The van der Waals surface area contributed by atoms with E-state index in [1.807, 2.05) is 55.6 Å². The summed E-state index contributed by atoms with van der Waals surface area (Å²) in [5.41, 5.74) is 6.19. The van der Waals surface area contributed by atoms with Gasteiger partial charge in [-0.2, -0.15) is 5.26 Å². The fraction of sp³-hybridized carbons (Fsp3) is 0.143. The maximum atomic E-state index is 12.9. The van der Waals surface area contributed by atoms with E-state index in [2.05, 4.69) is 53.2 Å². The lowest BCUT2D eigenvalue weighted by molar-refractivity contribution is -0.112. The quantitative estimate of drug-likeness (QED) is 0.303. The van der Waals surface area contributed by atoms with E-state index in [1.54, 1.807) is 6.08 Å². The lowest BCUT2D eigenvalue weighted by Crippen LogP contribution is -2.14. The molecule has 0 atom stereocenters. The lowest BCUT2D eigenvalue weighted by Gasteiger charge is -2.08. The molecule has 4 nitrogen and oxygen atoms in total. The highest BCUT2D eigenvalue weighted by Gasteiger charge is 2.14. The van der Waals surface area contributed by atoms with Gasteiger partial charge in [0.15, 0.2) is 0 Å². The highest BCUT2D eigenvalue weighted by Crippen LogP contribution is 2.25. The Morgan fingerprint density at radius 1 is 1.06 bits per heavy atom. The van der Waals surface area contributed by atoms with Crippen LogP contribution in [0.5, 0.6) is 0 Å². The van der Waals surface area contributed by atoms with E-state index in [0.29, 0.717) is 6.54 Å². The second-order valence-corrected chi connectivity index (χ2v) is 7.85. The van der Waals surface area contributed by atoms with Crippen LogP contribution in [0.3, 0.4) is 0 Å². The number of fused-ring (bicyclic) bond motifs is 1. The molecule has 0 spiro atoms. The second-order valence-electron chi connectivity index (χ2n) is 7.85. The summed E-state index contributed by atoms with van der Waals surface area (Å²) in [6.45, 7) is 4.84. The third-order valence-corrected chi connectivity index (χ3v) is 5.57. The first-order valence-corrected chi connectivity index (χ1v) is 10.7. The molecule has 0 saturated carbocycles. The number of hydrogen-bond acceptors (Lipinski definition) is 2. The molecular weight excluding hydrogens is 394 g/mol. The average molecular weight is 420 g/mol. The molecule has 1 N–H and O–H groups in total. The van der Waals surface area contributed by atoms with Crippen molar-refractivity contribution in [1.29, 1.82) is 5.26 Å². The predicted octanol–water partition coefficient (Wildman–Crippen LogP) is 6.11. The van der Waals surface area contributed by atoms with Crippen LogP contribution in [0.15, 0.2) is 84.6 Å². The number of nitrogens with one attached hydrogen (secondary N) is 1. The molecule has 1 aromatic heterocycles.